The van der Waals surface area contributed by atoms with Gasteiger partial charge in [0.05, 0.1) is 6.10 Å². The third-order valence-corrected chi connectivity index (χ3v) is 5.23. The standard InChI is InChI=1S/C18H27NO/c1-14-8-10-16(11-9-14)18(20)13-19-12-4-6-15-5-2-3-7-17(15)19/h8-11,15,17-18,20H,2-7,12-13H2,1H3. The van der Waals surface area contributed by atoms with Crippen LogP contribution < -0.4 is 0 Å². The second-order valence-electron chi connectivity index (χ2n) is 6.68. The molecule has 0 bridgehead atoms. The number of fused-ring (bicyclic) bond motifs is 1. The zero-order valence-electron chi connectivity index (χ0n) is 12.6. The Morgan fingerprint density at radius 2 is 1.80 bits per heavy atom. The number of aliphatic hydroxyl groups excluding tert-OH is 1. The molecular formula is C18H27NO. The summed E-state index contributed by atoms with van der Waals surface area (Å²) in [6, 6.07) is 9.07. The summed E-state index contributed by atoms with van der Waals surface area (Å²) in [6.07, 6.45) is 7.90. The molecular weight excluding hydrogens is 246 g/mol. The van der Waals surface area contributed by atoms with E-state index in [-0.39, 0.29) is 6.10 Å². The highest BCUT2D eigenvalue weighted by Crippen LogP contribution is 2.36. The van der Waals surface area contributed by atoms with E-state index in [9.17, 15) is 5.11 Å². The Hall–Kier alpha value is -0.860. The Morgan fingerprint density at radius 3 is 2.60 bits per heavy atom. The molecule has 110 valence electrons. The predicted octanol–water partition coefficient (Wildman–Crippen LogP) is 3.68. The number of hydrogen-bond donors (Lipinski definition) is 1. The fraction of sp³-hybridized carbons (Fsp3) is 0.667. The molecule has 1 N–H and O–H groups in total. The van der Waals surface area contributed by atoms with E-state index in [4.69, 9.17) is 0 Å². The number of nitrogens with zero attached hydrogens (tertiary/aromatic N) is 1. The molecule has 3 atom stereocenters. The zero-order chi connectivity index (χ0) is 13.9. The first-order valence-corrected chi connectivity index (χ1v) is 8.23. The van der Waals surface area contributed by atoms with Crippen LogP contribution in [0.5, 0.6) is 0 Å². The maximum absolute atomic E-state index is 10.5. The lowest BCUT2D eigenvalue weighted by Crippen LogP contribution is -2.48. The summed E-state index contributed by atoms with van der Waals surface area (Å²) in [5, 5.41) is 10.5. The molecule has 1 aromatic rings. The van der Waals surface area contributed by atoms with E-state index in [1.54, 1.807) is 0 Å². The van der Waals surface area contributed by atoms with Gasteiger partial charge in [-0.2, -0.15) is 0 Å². The van der Waals surface area contributed by atoms with Crippen LogP contribution in [0.3, 0.4) is 0 Å². The predicted molar refractivity (Wildman–Crippen MR) is 82.7 cm³/mol. The molecule has 2 fully saturated rings. The van der Waals surface area contributed by atoms with Crippen LogP contribution in [-0.4, -0.2) is 29.1 Å². The molecule has 1 aromatic carbocycles. The molecule has 1 aliphatic heterocycles. The van der Waals surface area contributed by atoms with Crippen LogP contribution in [-0.2, 0) is 0 Å². The SMILES string of the molecule is Cc1ccc(C(O)CN2CCCC3CCCCC32)cc1. The van der Waals surface area contributed by atoms with Gasteiger partial charge in [0.25, 0.3) is 0 Å². The van der Waals surface area contributed by atoms with Crippen molar-refractivity contribution in [3.05, 3.63) is 35.4 Å². The largest absolute Gasteiger partial charge is 0.387 e. The highest BCUT2D eigenvalue weighted by Gasteiger charge is 2.33. The van der Waals surface area contributed by atoms with Gasteiger partial charge >= 0.3 is 0 Å². The van der Waals surface area contributed by atoms with E-state index < -0.39 is 0 Å². The second kappa shape index (κ2) is 6.28. The summed E-state index contributed by atoms with van der Waals surface area (Å²) < 4.78 is 0. The Balaban J connectivity index is 1.65. The van der Waals surface area contributed by atoms with Crippen molar-refractivity contribution in [1.82, 2.24) is 4.90 Å². The fourth-order valence-electron chi connectivity index (χ4n) is 4.07. The highest BCUT2D eigenvalue weighted by atomic mass is 16.3. The van der Waals surface area contributed by atoms with Gasteiger partial charge in [-0.3, -0.25) is 4.90 Å². The summed E-state index contributed by atoms with van der Waals surface area (Å²) in [4.78, 5) is 2.57. The first-order chi connectivity index (χ1) is 9.74. The molecule has 2 heteroatoms. The van der Waals surface area contributed by atoms with Crippen LogP contribution >= 0.6 is 0 Å². The first-order valence-electron chi connectivity index (χ1n) is 8.23. The molecule has 0 amide bonds. The maximum atomic E-state index is 10.5. The minimum Gasteiger partial charge on any atom is -0.387 e. The van der Waals surface area contributed by atoms with Crippen LogP contribution in [0.2, 0.25) is 0 Å². The van der Waals surface area contributed by atoms with Crippen molar-refractivity contribution >= 4 is 0 Å². The molecule has 1 aliphatic carbocycles. The number of rotatable bonds is 3. The molecule has 3 unspecified atom stereocenters. The minimum atomic E-state index is -0.337. The molecule has 3 rings (SSSR count). The van der Waals surface area contributed by atoms with Crippen molar-refractivity contribution in [3.8, 4) is 0 Å². The lowest BCUT2D eigenvalue weighted by Gasteiger charge is -2.44. The van der Waals surface area contributed by atoms with Gasteiger partial charge in [0.1, 0.15) is 0 Å². The van der Waals surface area contributed by atoms with Crippen molar-refractivity contribution < 1.29 is 5.11 Å². The average Bonchev–Trinajstić information content (AvgIpc) is 2.48. The summed E-state index contributed by atoms with van der Waals surface area (Å²) in [6.45, 7) is 4.07. The van der Waals surface area contributed by atoms with Gasteiger partial charge in [0, 0.05) is 12.6 Å². The summed E-state index contributed by atoms with van der Waals surface area (Å²) in [7, 11) is 0. The number of piperidine rings is 1. The number of β-amino-alcohol motifs (C(OH)–C–C–N with tert-alkyl or cyclic N) is 1. The average molecular weight is 273 g/mol. The van der Waals surface area contributed by atoms with Crippen molar-refractivity contribution in [2.24, 2.45) is 5.92 Å². The van der Waals surface area contributed by atoms with E-state index in [1.807, 2.05) is 0 Å². The highest BCUT2D eigenvalue weighted by molar-refractivity contribution is 5.23. The smallest absolute Gasteiger partial charge is 0.0917 e. The topological polar surface area (TPSA) is 23.5 Å². The summed E-state index contributed by atoms with van der Waals surface area (Å²) in [5.74, 6) is 0.891. The van der Waals surface area contributed by atoms with E-state index in [1.165, 1.54) is 50.6 Å². The van der Waals surface area contributed by atoms with Crippen LogP contribution in [0.4, 0.5) is 0 Å². The maximum Gasteiger partial charge on any atom is 0.0917 e. The van der Waals surface area contributed by atoms with Crippen molar-refractivity contribution in [2.45, 2.75) is 57.6 Å². The van der Waals surface area contributed by atoms with E-state index in [0.717, 1.165) is 24.1 Å². The van der Waals surface area contributed by atoms with Gasteiger partial charge in [-0.15, -0.1) is 0 Å². The van der Waals surface area contributed by atoms with Crippen molar-refractivity contribution in [3.63, 3.8) is 0 Å². The Bertz CT molecular complexity index is 426. The first kappa shape index (κ1) is 14.1. The van der Waals surface area contributed by atoms with Gasteiger partial charge < -0.3 is 5.11 Å². The molecule has 0 aromatic heterocycles. The minimum absolute atomic E-state index is 0.337. The quantitative estimate of drug-likeness (QED) is 0.908. The molecule has 20 heavy (non-hydrogen) atoms. The summed E-state index contributed by atoms with van der Waals surface area (Å²) in [5.41, 5.74) is 2.32. The lowest BCUT2D eigenvalue weighted by molar-refractivity contribution is 0.0205. The Kier molecular flexibility index (Phi) is 4.42. The second-order valence-corrected chi connectivity index (χ2v) is 6.68. The van der Waals surface area contributed by atoms with Crippen LogP contribution in [0.1, 0.15) is 55.8 Å². The fourth-order valence-corrected chi connectivity index (χ4v) is 4.07. The van der Waals surface area contributed by atoms with E-state index >= 15 is 0 Å². The van der Waals surface area contributed by atoms with Crippen LogP contribution in [0.15, 0.2) is 24.3 Å². The molecule has 1 heterocycles. The van der Waals surface area contributed by atoms with E-state index in [2.05, 4.69) is 36.1 Å². The normalized spacial score (nSPS) is 28.9. The third-order valence-electron chi connectivity index (χ3n) is 5.23. The monoisotopic (exact) mass is 273 g/mol. The number of aryl methyl sites for hydroxylation is 1. The molecule has 0 spiro atoms. The molecule has 2 aliphatic rings. The van der Waals surface area contributed by atoms with Gasteiger partial charge in [-0.05, 0) is 50.6 Å². The summed E-state index contributed by atoms with van der Waals surface area (Å²) >= 11 is 0. The molecule has 1 saturated carbocycles. The van der Waals surface area contributed by atoms with Gasteiger partial charge in [0.2, 0.25) is 0 Å². The van der Waals surface area contributed by atoms with Crippen molar-refractivity contribution in [2.75, 3.05) is 13.1 Å². The molecule has 2 nitrogen and oxygen atoms in total. The van der Waals surface area contributed by atoms with E-state index in [0.29, 0.717) is 0 Å². The number of aliphatic hydroxyl groups is 1. The zero-order valence-corrected chi connectivity index (χ0v) is 12.6. The van der Waals surface area contributed by atoms with Crippen LogP contribution in [0, 0.1) is 12.8 Å². The van der Waals surface area contributed by atoms with Gasteiger partial charge in [-0.25, -0.2) is 0 Å². The van der Waals surface area contributed by atoms with Crippen LogP contribution in [0.25, 0.3) is 0 Å². The van der Waals surface area contributed by atoms with Gasteiger partial charge in [-0.1, -0.05) is 42.7 Å². The Morgan fingerprint density at radius 1 is 1.10 bits per heavy atom. The number of hydrogen-bond acceptors (Lipinski definition) is 2. The lowest BCUT2D eigenvalue weighted by atomic mass is 9.78. The molecule has 1 saturated heterocycles. The third kappa shape index (κ3) is 3.07. The molecule has 0 radical (unpaired) electrons. The number of likely N-dealkylation sites (tertiary alicyclic amines) is 1. The Labute approximate surface area is 122 Å². The van der Waals surface area contributed by atoms with Gasteiger partial charge in [0.15, 0.2) is 0 Å². The van der Waals surface area contributed by atoms with Crippen molar-refractivity contribution in [1.29, 1.82) is 0 Å². The number of benzene rings is 1.